The van der Waals surface area contributed by atoms with Crippen molar-refractivity contribution in [2.45, 2.75) is 148 Å². The molecule has 0 aromatic carbocycles. The highest BCUT2D eigenvalue weighted by Gasteiger charge is 2.31. The molecule has 2 fully saturated rings. The topological polar surface area (TPSA) is 0 Å². The first-order valence-electron chi connectivity index (χ1n) is 15.5. The Morgan fingerprint density at radius 1 is 0.714 bits per heavy atom. The minimum Gasteiger partial charge on any atom is -0.0851 e. The minimum absolute atomic E-state index is 0.722. The van der Waals surface area contributed by atoms with Gasteiger partial charge in [0.05, 0.1) is 0 Å². The minimum atomic E-state index is 0.722. The summed E-state index contributed by atoms with van der Waals surface area (Å²) in [5.41, 5.74) is 4.65. The highest BCUT2D eigenvalue weighted by molar-refractivity contribution is 5.09. The second-order valence-corrected chi connectivity index (χ2v) is 13.9. The summed E-state index contributed by atoms with van der Waals surface area (Å²) in [5, 5.41) is 0. The molecule has 0 N–H and O–H groups in total. The average molecular weight is 489 g/mol. The molecular formula is C35H68. The Bertz CT molecular complexity index is 592. The third-order valence-corrected chi connectivity index (χ3v) is 9.51. The lowest BCUT2D eigenvalue weighted by atomic mass is 9.67. The predicted octanol–water partition coefficient (Wildman–Crippen LogP) is 12.2. The lowest BCUT2D eigenvalue weighted by molar-refractivity contribution is 0.109. The molecule has 0 heteroatoms. The van der Waals surface area contributed by atoms with Crippen LogP contribution in [0.2, 0.25) is 0 Å². The molecule has 0 aliphatic heterocycles. The second-order valence-electron chi connectivity index (χ2n) is 13.9. The van der Waals surface area contributed by atoms with Crippen LogP contribution in [-0.4, -0.2) is 0 Å². The van der Waals surface area contributed by atoms with Crippen molar-refractivity contribution in [3.63, 3.8) is 0 Å². The van der Waals surface area contributed by atoms with Gasteiger partial charge in [-0.05, 0) is 106 Å². The largest absolute Gasteiger partial charge is 0.0851 e. The summed E-state index contributed by atoms with van der Waals surface area (Å²) in [6.45, 7) is 32.2. The number of rotatable bonds is 4. The van der Waals surface area contributed by atoms with E-state index in [2.05, 4.69) is 103 Å². The zero-order chi connectivity index (χ0) is 27.3. The number of hydrogen-bond donors (Lipinski definition) is 0. The van der Waals surface area contributed by atoms with Gasteiger partial charge in [-0.15, -0.1) is 0 Å². The van der Waals surface area contributed by atoms with Crippen LogP contribution in [0.5, 0.6) is 0 Å². The van der Waals surface area contributed by atoms with Crippen molar-refractivity contribution in [2.75, 3.05) is 0 Å². The first kappa shape index (κ1) is 34.5. The molecular weight excluding hydrogens is 420 g/mol. The summed E-state index contributed by atoms with van der Waals surface area (Å²) in [6, 6.07) is 0. The number of allylic oxidation sites excluding steroid dienone is 4. The summed E-state index contributed by atoms with van der Waals surface area (Å²) in [7, 11) is 0. The van der Waals surface area contributed by atoms with Crippen LogP contribution >= 0.6 is 0 Å². The van der Waals surface area contributed by atoms with Gasteiger partial charge in [-0.1, -0.05) is 118 Å². The van der Waals surface area contributed by atoms with Crippen LogP contribution in [0, 0.1) is 53.3 Å². The standard InChI is InChI=1S/C12H24.C8H14.C8H16.C7H14/c1-8(2)12-7-10(4)9(3)6-11(12)5;1-7(2)8-5-3-4-6-8;1-6(2)8(5)7(3)4;1-6(2)7-4-3-5-7/h8-12H,6-7H2,1-5H3;5,7H,3-4,6H2,1-2H3;6H,1-5H3;6-7H,3-5H2,1-2H3. The van der Waals surface area contributed by atoms with Crippen LogP contribution in [-0.2, 0) is 0 Å². The van der Waals surface area contributed by atoms with Gasteiger partial charge in [0.15, 0.2) is 0 Å². The molecule has 3 aliphatic rings. The van der Waals surface area contributed by atoms with E-state index in [1.165, 1.54) is 62.5 Å². The molecule has 0 bridgehead atoms. The highest BCUT2D eigenvalue weighted by atomic mass is 14.4. The maximum Gasteiger partial charge on any atom is -0.0260 e. The highest BCUT2D eigenvalue weighted by Crippen LogP contribution is 2.40. The molecule has 0 radical (unpaired) electrons. The first-order valence-corrected chi connectivity index (χ1v) is 15.5. The molecule has 0 amide bonds. The van der Waals surface area contributed by atoms with Crippen LogP contribution in [0.4, 0.5) is 0 Å². The summed E-state index contributed by atoms with van der Waals surface area (Å²) >= 11 is 0. The van der Waals surface area contributed by atoms with Gasteiger partial charge in [-0.2, -0.15) is 0 Å². The maximum atomic E-state index is 2.44. The normalized spacial score (nSPS) is 26.2. The zero-order valence-electron chi connectivity index (χ0n) is 26.9. The van der Waals surface area contributed by atoms with E-state index >= 15 is 0 Å². The quantitative estimate of drug-likeness (QED) is 0.345. The number of hydrogen-bond acceptors (Lipinski definition) is 0. The Hall–Kier alpha value is -0.520. The molecule has 0 nitrogen and oxygen atoms in total. The lowest BCUT2D eigenvalue weighted by Crippen LogP contribution is -2.30. The Labute approximate surface area is 224 Å². The fraction of sp³-hybridized carbons (Fsp3) is 0.886. The van der Waals surface area contributed by atoms with E-state index in [4.69, 9.17) is 0 Å². The van der Waals surface area contributed by atoms with Gasteiger partial charge in [0, 0.05) is 0 Å². The van der Waals surface area contributed by atoms with E-state index in [1.54, 1.807) is 5.57 Å². The van der Waals surface area contributed by atoms with Crippen molar-refractivity contribution < 1.29 is 0 Å². The molecule has 0 heterocycles. The fourth-order valence-electron chi connectivity index (χ4n) is 5.72. The SMILES string of the molecule is CC(C)=C(C)C(C)C.CC(C)C1=CCCC1.CC(C)C1CC(C)C(C)CC1C.CC(C)C1CCC1. The monoisotopic (exact) mass is 489 g/mol. The fourth-order valence-corrected chi connectivity index (χ4v) is 5.72. The zero-order valence-corrected chi connectivity index (χ0v) is 26.9. The predicted molar refractivity (Wildman–Crippen MR) is 163 cm³/mol. The van der Waals surface area contributed by atoms with Crippen LogP contribution in [0.15, 0.2) is 22.8 Å². The van der Waals surface area contributed by atoms with Crippen LogP contribution in [0.3, 0.4) is 0 Å². The lowest BCUT2D eigenvalue weighted by Gasteiger charge is -2.39. The first-order chi connectivity index (χ1) is 16.2. The van der Waals surface area contributed by atoms with E-state index in [9.17, 15) is 0 Å². The molecule has 2 saturated carbocycles. The van der Waals surface area contributed by atoms with E-state index < -0.39 is 0 Å². The van der Waals surface area contributed by atoms with Crippen molar-refractivity contribution in [2.24, 2.45) is 53.3 Å². The smallest absolute Gasteiger partial charge is 0.0260 e. The average Bonchev–Trinajstić information content (AvgIpc) is 3.25. The molecule has 0 aromatic heterocycles. The summed E-state index contributed by atoms with van der Waals surface area (Å²) in [4.78, 5) is 0. The summed E-state index contributed by atoms with van der Waals surface area (Å²) < 4.78 is 0. The van der Waals surface area contributed by atoms with E-state index in [0.29, 0.717) is 0 Å². The Morgan fingerprint density at radius 2 is 1.26 bits per heavy atom. The van der Waals surface area contributed by atoms with Crippen molar-refractivity contribution in [1.29, 1.82) is 0 Å². The van der Waals surface area contributed by atoms with Crippen molar-refractivity contribution in [1.82, 2.24) is 0 Å². The molecule has 35 heavy (non-hydrogen) atoms. The van der Waals surface area contributed by atoms with Gasteiger partial charge in [0.1, 0.15) is 0 Å². The van der Waals surface area contributed by atoms with Gasteiger partial charge in [0.25, 0.3) is 0 Å². The molecule has 0 aromatic rings. The van der Waals surface area contributed by atoms with Gasteiger partial charge >= 0.3 is 0 Å². The van der Waals surface area contributed by atoms with E-state index in [1.807, 2.05) is 0 Å². The molecule has 4 unspecified atom stereocenters. The van der Waals surface area contributed by atoms with Crippen molar-refractivity contribution in [3.05, 3.63) is 22.8 Å². The Balaban J connectivity index is 0.000000451. The van der Waals surface area contributed by atoms with E-state index in [0.717, 1.165) is 53.3 Å². The van der Waals surface area contributed by atoms with Crippen LogP contribution in [0.1, 0.15) is 148 Å². The third kappa shape index (κ3) is 14.1. The molecule has 3 rings (SSSR count). The summed E-state index contributed by atoms with van der Waals surface area (Å²) in [6.07, 6.45) is 13.9. The van der Waals surface area contributed by atoms with Crippen molar-refractivity contribution in [3.8, 4) is 0 Å². The maximum absolute atomic E-state index is 2.44. The van der Waals surface area contributed by atoms with Crippen molar-refractivity contribution >= 4 is 0 Å². The van der Waals surface area contributed by atoms with Gasteiger partial charge in [-0.25, -0.2) is 0 Å². The molecule has 4 atom stereocenters. The summed E-state index contributed by atoms with van der Waals surface area (Å²) in [5.74, 6) is 8.29. The Morgan fingerprint density at radius 3 is 1.49 bits per heavy atom. The second kappa shape index (κ2) is 17.9. The van der Waals surface area contributed by atoms with Crippen LogP contribution in [0.25, 0.3) is 0 Å². The third-order valence-electron chi connectivity index (χ3n) is 9.51. The molecule has 0 spiro atoms. The molecule has 3 aliphatic carbocycles. The van der Waals surface area contributed by atoms with Gasteiger partial charge in [-0.3, -0.25) is 0 Å². The molecule has 0 saturated heterocycles. The van der Waals surface area contributed by atoms with Gasteiger partial charge in [0.2, 0.25) is 0 Å². The van der Waals surface area contributed by atoms with Crippen LogP contribution < -0.4 is 0 Å². The van der Waals surface area contributed by atoms with E-state index in [-0.39, 0.29) is 0 Å². The van der Waals surface area contributed by atoms with Gasteiger partial charge < -0.3 is 0 Å². The molecule has 208 valence electrons. The Kier molecular flexibility index (Phi) is 17.6.